The Morgan fingerprint density at radius 1 is 0.828 bits per heavy atom. The van der Waals surface area contributed by atoms with Gasteiger partial charge in [-0.15, -0.1) is 0 Å². The standard InChI is InChI=1S/C22H23N5O2/c1-13-7-5-8-14(2)21(13)27-20-12-19(23-15(3)24-20)22(29)26-18-10-6-9-17(11-18)25-16(4)28/h5-12H,1-4H3,(H,25,28)(H,26,29)(H,23,24,27). The van der Waals surface area contributed by atoms with Crippen LogP contribution in [0.1, 0.15) is 34.4 Å². The maximum absolute atomic E-state index is 12.7. The molecule has 0 unspecified atom stereocenters. The van der Waals surface area contributed by atoms with Crippen LogP contribution in [0.4, 0.5) is 22.9 Å². The molecule has 2 amide bonds. The number of hydrogen-bond donors (Lipinski definition) is 3. The Bertz CT molecular complexity index is 1060. The summed E-state index contributed by atoms with van der Waals surface area (Å²) in [5.74, 6) is 0.493. The quantitative estimate of drug-likeness (QED) is 0.603. The number of nitrogens with one attached hydrogen (secondary N) is 3. The minimum atomic E-state index is -0.361. The highest BCUT2D eigenvalue weighted by atomic mass is 16.2. The molecule has 2 aromatic carbocycles. The summed E-state index contributed by atoms with van der Waals surface area (Å²) >= 11 is 0. The first kappa shape index (κ1) is 20.0. The zero-order valence-electron chi connectivity index (χ0n) is 16.8. The van der Waals surface area contributed by atoms with E-state index in [-0.39, 0.29) is 17.5 Å². The monoisotopic (exact) mass is 389 g/mol. The van der Waals surface area contributed by atoms with Gasteiger partial charge < -0.3 is 16.0 Å². The summed E-state index contributed by atoms with van der Waals surface area (Å²) in [5.41, 5.74) is 4.54. The van der Waals surface area contributed by atoms with Crippen molar-refractivity contribution in [2.75, 3.05) is 16.0 Å². The fourth-order valence-electron chi connectivity index (χ4n) is 2.96. The molecule has 7 nitrogen and oxygen atoms in total. The molecular formula is C22H23N5O2. The normalized spacial score (nSPS) is 10.3. The van der Waals surface area contributed by atoms with Crippen molar-refractivity contribution in [2.24, 2.45) is 0 Å². The topological polar surface area (TPSA) is 96.0 Å². The van der Waals surface area contributed by atoms with Crippen LogP contribution in [0, 0.1) is 20.8 Å². The number of rotatable bonds is 5. The molecule has 3 N–H and O–H groups in total. The molecule has 0 radical (unpaired) electrons. The molecule has 7 heteroatoms. The molecule has 29 heavy (non-hydrogen) atoms. The van der Waals surface area contributed by atoms with Gasteiger partial charge in [0.1, 0.15) is 17.3 Å². The third-order valence-electron chi connectivity index (χ3n) is 4.25. The highest BCUT2D eigenvalue weighted by Gasteiger charge is 2.13. The molecule has 0 spiro atoms. The summed E-state index contributed by atoms with van der Waals surface area (Å²) in [5, 5.41) is 8.79. The van der Waals surface area contributed by atoms with Crippen LogP contribution in [0.15, 0.2) is 48.5 Å². The van der Waals surface area contributed by atoms with Gasteiger partial charge in [0.05, 0.1) is 0 Å². The average Bonchev–Trinajstić information content (AvgIpc) is 2.64. The molecule has 1 heterocycles. The number of aromatic nitrogens is 2. The molecule has 1 aromatic heterocycles. The molecule has 0 atom stereocenters. The van der Waals surface area contributed by atoms with Gasteiger partial charge in [-0.25, -0.2) is 9.97 Å². The van der Waals surface area contributed by atoms with Crippen molar-refractivity contribution in [3.05, 3.63) is 71.2 Å². The molecule has 3 aromatic rings. The van der Waals surface area contributed by atoms with Crippen molar-refractivity contribution in [1.29, 1.82) is 0 Å². The maximum atomic E-state index is 12.7. The summed E-state index contributed by atoms with van der Waals surface area (Å²) in [4.78, 5) is 32.6. The Balaban J connectivity index is 1.82. The van der Waals surface area contributed by atoms with Crippen molar-refractivity contribution in [3.63, 3.8) is 0 Å². The van der Waals surface area contributed by atoms with Crippen LogP contribution in [0.25, 0.3) is 0 Å². The van der Waals surface area contributed by atoms with E-state index in [1.807, 2.05) is 32.0 Å². The van der Waals surface area contributed by atoms with Gasteiger partial charge in [0, 0.05) is 30.1 Å². The van der Waals surface area contributed by atoms with Gasteiger partial charge >= 0.3 is 0 Å². The smallest absolute Gasteiger partial charge is 0.274 e. The number of carbonyl (C=O) groups excluding carboxylic acids is 2. The van der Waals surface area contributed by atoms with Gasteiger partial charge in [-0.05, 0) is 50.1 Å². The Hall–Kier alpha value is -3.74. The van der Waals surface area contributed by atoms with Crippen LogP contribution in [-0.2, 0) is 4.79 Å². The highest BCUT2D eigenvalue weighted by molar-refractivity contribution is 6.03. The van der Waals surface area contributed by atoms with E-state index >= 15 is 0 Å². The van der Waals surface area contributed by atoms with Gasteiger partial charge in [0.15, 0.2) is 0 Å². The summed E-state index contributed by atoms with van der Waals surface area (Å²) in [6, 6.07) is 14.6. The van der Waals surface area contributed by atoms with E-state index in [1.165, 1.54) is 6.92 Å². The second-order valence-corrected chi connectivity index (χ2v) is 6.79. The SMILES string of the molecule is CC(=O)Nc1cccc(NC(=O)c2cc(Nc3c(C)cccc3C)nc(C)n2)c1. The lowest BCUT2D eigenvalue weighted by Gasteiger charge is -2.13. The van der Waals surface area contributed by atoms with Gasteiger partial charge in [-0.3, -0.25) is 9.59 Å². The number of carbonyl (C=O) groups is 2. The number of para-hydroxylation sites is 1. The predicted octanol–water partition coefficient (Wildman–Crippen LogP) is 4.36. The van der Waals surface area contributed by atoms with E-state index in [0.29, 0.717) is 23.0 Å². The zero-order valence-corrected chi connectivity index (χ0v) is 16.8. The fourth-order valence-corrected chi connectivity index (χ4v) is 2.96. The van der Waals surface area contributed by atoms with Crippen molar-refractivity contribution in [1.82, 2.24) is 9.97 Å². The van der Waals surface area contributed by atoms with E-state index in [9.17, 15) is 9.59 Å². The second-order valence-electron chi connectivity index (χ2n) is 6.79. The van der Waals surface area contributed by atoms with Crippen LogP contribution in [0.5, 0.6) is 0 Å². The highest BCUT2D eigenvalue weighted by Crippen LogP contribution is 2.24. The molecule has 3 rings (SSSR count). The van der Waals surface area contributed by atoms with Crippen molar-refractivity contribution < 1.29 is 9.59 Å². The Morgan fingerprint density at radius 3 is 2.10 bits per heavy atom. The van der Waals surface area contributed by atoms with E-state index in [2.05, 4.69) is 25.9 Å². The largest absolute Gasteiger partial charge is 0.340 e. The first-order valence-electron chi connectivity index (χ1n) is 9.20. The van der Waals surface area contributed by atoms with Crippen molar-refractivity contribution in [2.45, 2.75) is 27.7 Å². The Morgan fingerprint density at radius 2 is 1.45 bits per heavy atom. The number of nitrogens with zero attached hydrogens (tertiary/aromatic N) is 2. The molecule has 0 saturated carbocycles. The predicted molar refractivity (Wildman–Crippen MR) is 115 cm³/mol. The molecule has 0 bridgehead atoms. The molecule has 0 aliphatic rings. The molecule has 0 saturated heterocycles. The third kappa shape index (κ3) is 5.16. The molecular weight excluding hydrogens is 366 g/mol. The van der Waals surface area contributed by atoms with Gasteiger partial charge in [-0.1, -0.05) is 24.3 Å². The van der Waals surface area contributed by atoms with Crippen LogP contribution in [0.3, 0.4) is 0 Å². The molecule has 0 fully saturated rings. The summed E-state index contributed by atoms with van der Waals surface area (Å²) in [7, 11) is 0. The molecule has 148 valence electrons. The fraction of sp³-hybridized carbons (Fsp3) is 0.182. The number of hydrogen-bond acceptors (Lipinski definition) is 5. The first-order chi connectivity index (χ1) is 13.8. The van der Waals surface area contributed by atoms with Crippen LogP contribution in [0.2, 0.25) is 0 Å². The third-order valence-corrected chi connectivity index (χ3v) is 4.25. The molecule has 0 aliphatic heterocycles. The van der Waals surface area contributed by atoms with Crippen molar-refractivity contribution in [3.8, 4) is 0 Å². The van der Waals surface area contributed by atoms with Crippen LogP contribution in [-0.4, -0.2) is 21.8 Å². The number of aryl methyl sites for hydroxylation is 3. The minimum Gasteiger partial charge on any atom is -0.340 e. The zero-order chi connectivity index (χ0) is 21.0. The Labute approximate surface area is 169 Å². The average molecular weight is 389 g/mol. The maximum Gasteiger partial charge on any atom is 0.274 e. The lowest BCUT2D eigenvalue weighted by atomic mass is 10.1. The van der Waals surface area contributed by atoms with E-state index in [0.717, 1.165) is 16.8 Å². The van der Waals surface area contributed by atoms with Crippen LogP contribution < -0.4 is 16.0 Å². The summed E-state index contributed by atoms with van der Waals surface area (Å²) < 4.78 is 0. The first-order valence-corrected chi connectivity index (χ1v) is 9.20. The van der Waals surface area contributed by atoms with E-state index < -0.39 is 0 Å². The Kier molecular flexibility index (Phi) is 5.87. The van der Waals surface area contributed by atoms with E-state index in [1.54, 1.807) is 37.3 Å². The lowest BCUT2D eigenvalue weighted by molar-refractivity contribution is -0.114. The second kappa shape index (κ2) is 8.52. The van der Waals surface area contributed by atoms with Gasteiger partial charge in [-0.2, -0.15) is 0 Å². The van der Waals surface area contributed by atoms with Gasteiger partial charge in [0.25, 0.3) is 5.91 Å². The van der Waals surface area contributed by atoms with Crippen LogP contribution >= 0.6 is 0 Å². The lowest BCUT2D eigenvalue weighted by Crippen LogP contribution is -2.16. The minimum absolute atomic E-state index is 0.179. The van der Waals surface area contributed by atoms with Crippen molar-refractivity contribution >= 4 is 34.7 Å². The van der Waals surface area contributed by atoms with Gasteiger partial charge in [0.2, 0.25) is 5.91 Å². The summed E-state index contributed by atoms with van der Waals surface area (Å²) in [6.45, 7) is 7.20. The molecule has 0 aliphatic carbocycles. The number of benzene rings is 2. The summed E-state index contributed by atoms with van der Waals surface area (Å²) in [6.07, 6.45) is 0. The number of amides is 2. The number of anilines is 4. The van der Waals surface area contributed by atoms with E-state index in [4.69, 9.17) is 0 Å².